The zero-order chi connectivity index (χ0) is 13.5. The molecular formula is C14H30O2Si. The molecule has 0 aliphatic carbocycles. The van der Waals surface area contributed by atoms with Crippen molar-refractivity contribution in [2.75, 3.05) is 13.2 Å². The lowest BCUT2D eigenvalue weighted by molar-refractivity contribution is 0.279. The highest BCUT2D eigenvalue weighted by Crippen LogP contribution is 2.36. The number of aliphatic hydroxyl groups is 1. The minimum absolute atomic E-state index is 0.159. The van der Waals surface area contributed by atoms with Crippen LogP contribution < -0.4 is 0 Å². The molecule has 0 bridgehead atoms. The van der Waals surface area contributed by atoms with Crippen molar-refractivity contribution in [1.29, 1.82) is 0 Å². The molecule has 0 rings (SSSR count). The summed E-state index contributed by atoms with van der Waals surface area (Å²) < 4.78 is 6.11. The first kappa shape index (κ1) is 16.9. The van der Waals surface area contributed by atoms with Crippen LogP contribution in [0.25, 0.3) is 0 Å². The molecule has 0 atom stereocenters. The third kappa shape index (κ3) is 7.01. The number of allylic oxidation sites excluding steroid dienone is 1. The highest BCUT2D eigenvalue weighted by molar-refractivity contribution is 6.74. The topological polar surface area (TPSA) is 29.5 Å². The zero-order valence-electron chi connectivity index (χ0n) is 12.5. The second kappa shape index (κ2) is 7.34. The molecule has 0 aliphatic heterocycles. The fourth-order valence-corrected chi connectivity index (χ4v) is 2.40. The van der Waals surface area contributed by atoms with Crippen LogP contribution in [0.1, 0.15) is 47.0 Å². The molecule has 0 aromatic rings. The Morgan fingerprint density at radius 1 is 1.24 bits per heavy atom. The lowest BCUT2D eigenvalue weighted by Gasteiger charge is -2.36. The Morgan fingerprint density at radius 2 is 1.82 bits per heavy atom. The van der Waals surface area contributed by atoms with Crippen LogP contribution in [0.5, 0.6) is 0 Å². The van der Waals surface area contributed by atoms with E-state index in [2.05, 4.69) is 40.8 Å². The van der Waals surface area contributed by atoms with Gasteiger partial charge >= 0.3 is 0 Å². The van der Waals surface area contributed by atoms with Crippen LogP contribution in [0.4, 0.5) is 0 Å². The Balaban J connectivity index is 3.76. The Labute approximate surface area is 108 Å². The van der Waals surface area contributed by atoms with E-state index >= 15 is 0 Å². The summed E-state index contributed by atoms with van der Waals surface area (Å²) in [6.07, 6.45) is 5.22. The first-order valence-electron chi connectivity index (χ1n) is 6.61. The molecule has 0 unspecified atom stereocenters. The van der Waals surface area contributed by atoms with Crippen molar-refractivity contribution in [3.8, 4) is 0 Å². The van der Waals surface area contributed by atoms with E-state index < -0.39 is 8.32 Å². The molecule has 17 heavy (non-hydrogen) atoms. The lowest BCUT2D eigenvalue weighted by atomic mass is 10.1. The molecule has 0 aromatic heterocycles. The van der Waals surface area contributed by atoms with Crippen LogP contribution in [-0.4, -0.2) is 26.6 Å². The van der Waals surface area contributed by atoms with Crippen molar-refractivity contribution >= 4 is 8.32 Å². The SMILES string of the molecule is C/C(=C/CO)CCCCO[Si](C)(C)C(C)(C)C. The molecule has 0 amide bonds. The fraction of sp³-hybridized carbons (Fsp3) is 0.857. The van der Waals surface area contributed by atoms with Crippen LogP contribution in [0.3, 0.4) is 0 Å². The average Bonchev–Trinajstić information content (AvgIpc) is 2.15. The predicted molar refractivity (Wildman–Crippen MR) is 77.8 cm³/mol. The van der Waals surface area contributed by atoms with Gasteiger partial charge in [0.05, 0.1) is 6.61 Å². The maximum Gasteiger partial charge on any atom is 0.191 e. The number of rotatable bonds is 7. The van der Waals surface area contributed by atoms with Crippen molar-refractivity contribution in [3.05, 3.63) is 11.6 Å². The van der Waals surface area contributed by atoms with E-state index in [0.717, 1.165) is 25.9 Å². The largest absolute Gasteiger partial charge is 0.417 e. The van der Waals surface area contributed by atoms with Crippen molar-refractivity contribution in [1.82, 2.24) is 0 Å². The summed E-state index contributed by atoms with van der Waals surface area (Å²) in [5.41, 5.74) is 1.28. The quantitative estimate of drug-likeness (QED) is 0.423. The summed E-state index contributed by atoms with van der Waals surface area (Å²) in [6.45, 7) is 14.5. The third-order valence-electron chi connectivity index (χ3n) is 3.67. The van der Waals surface area contributed by atoms with Gasteiger partial charge in [0.2, 0.25) is 0 Å². The molecule has 0 saturated carbocycles. The van der Waals surface area contributed by atoms with Gasteiger partial charge in [-0.3, -0.25) is 0 Å². The summed E-state index contributed by atoms with van der Waals surface area (Å²) in [4.78, 5) is 0. The zero-order valence-corrected chi connectivity index (χ0v) is 13.5. The minimum atomic E-state index is -1.55. The van der Waals surface area contributed by atoms with Crippen LogP contribution in [0.2, 0.25) is 18.1 Å². The van der Waals surface area contributed by atoms with Gasteiger partial charge in [0.15, 0.2) is 8.32 Å². The maximum absolute atomic E-state index is 8.74. The third-order valence-corrected chi connectivity index (χ3v) is 8.21. The second-order valence-corrected chi connectivity index (χ2v) is 11.1. The molecule has 0 heterocycles. The standard InChI is InChI=1S/C14H30O2Si/c1-13(10-11-15)9-7-8-12-16-17(5,6)14(2,3)4/h10,15H,7-9,11-12H2,1-6H3/b13-10-. The Morgan fingerprint density at radius 3 is 2.29 bits per heavy atom. The van der Waals surface area contributed by atoms with Gasteiger partial charge in [-0.1, -0.05) is 32.4 Å². The van der Waals surface area contributed by atoms with Gasteiger partial charge in [-0.25, -0.2) is 0 Å². The molecular weight excluding hydrogens is 228 g/mol. The molecule has 0 radical (unpaired) electrons. The monoisotopic (exact) mass is 258 g/mol. The van der Waals surface area contributed by atoms with Crippen LogP contribution in [0, 0.1) is 0 Å². The van der Waals surface area contributed by atoms with Gasteiger partial charge in [-0.2, -0.15) is 0 Å². The highest BCUT2D eigenvalue weighted by atomic mass is 28.4. The molecule has 0 aliphatic rings. The molecule has 0 fully saturated rings. The highest BCUT2D eigenvalue weighted by Gasteiger charge is 2.36. The molecule has 0 aromatic carbocycles. The Hall–Kier alpha value is -0.123. The van der Waals surface area contributed by atoms with E-state index in [1.54, 1.807) is 0 Å². The smallest absolute Gasteiger partial charge is 0.191 e. The van der Waals surface area contributed by atoms with Crippen molar-refractivity contribution in [2.45, 2.75) is 65.1 Å². The van der Waals surface area contributed by atoms with E-state index in [0.29, 0.717) is 5.04 Å². The Bertz CT molecular complexity index is 239. The van der Waals surface area contributed by atoms with E-state index in [9.17, 15) is 0 Å². The maximum atomic E-state index is 8.74. The van der Waals surface area contributed by atoms with Gasteiger partial charge in [-0.05, 0) is 44.3 Å². The molecule has 102 valence electrons. The van der Waals surface area contributed by atoms with Gasteiger partial charge in [-0.15, -0.1) is 0 Å². The van der Waals surface area contributed by atoms with E-state index in [4.69, 9.17) is 9.53 Å². The molecule has 0 spiro atoms. The van der Waals surface area contributed by atoms with Crippen molar-refractivity contribution < 1.29 is 9.53 Å². The first-order chi connectivity index (χ1) is 7.70. The minimum Gasteiger partial charge on any atom is -0.417 e. The number of hydrogen-bond donors (Lipinski definition) is 1. The summed E-state index contributed by atoms with van der Waals surface area (Å²) in [5, 5.41) is 9.05. The van der Waals surface area contributed by atoms with Crippen LogP contribution in [-0.2, 0) is 4.43 Å². The van der Waals surface area contributed by atoms with E-state index in [1.165, 1.54) is 5.57 Å². The lowest BCUT2D eigenvalue weighted by Crippen LogP contribution is -2.40. The molecule has 3 heteroatoms. The van der Waals surface area contributed by atoms with Gasteiger partial charge in [0.1, 0.15) is 0 Å². The van der Waals surface area contributed by atoms with Gasteiger partial charge in [0.25, 0.3) is 0 Å². The number of unbranched alkanes of at least 4 members (excludes halogenated alkanes) is 1. The molecule has 0 saturated heterocycles. The van der Waals surface area contributed by atoms with Crippen LogP contribution in [0.15, 0.2) is 11.6 Å². The summed E-state index contributed by atoms with van der Waals surface area (Å²) in [6, 6.07) is 0. The molecule has 2 nitrogen and oxygen atoms in total. The normalized spacial score (nSPS) is 14.2. The van der Waals surface area contributed by atoms with E-state index in [-0.39, 0.29) is 6.61 Å². The second-order valence-electron chi connectivity index (χ2n) is 6.30. The van der Waals surface area contributed by atoms with E-state index in [1.807, 2.05) is 6.08 Å². The first-order valence-corrected chi connectivity index (χ1v) is 9.52. The number of aliphatic hydroxyl groups excluding tert-OH is 1. The summed E-state index contributed by atoms with van der Waals surface area (Å²) >= 11 is 0. The number of hydrogen-bond acceptors (Lipinski definition) is 2. The van der Waals surface area contributed by atoms with Crippen LogP contribution >= 0.6 is 0 Å². The summed E-state index contributed by atoms with van der Waals surface area (Å²) in [7, 11) is -1.55. The Kier molecular flexibility index (Phi) is 7.29. The predicted octanol–water partition coefficient (Wildman–Crippen LogP) is 4.12. The van der Waals surface area contributed by atoms with Crippen molar-refractivity contribution in [3.63, 3.8) is 0 Å². The van der Waals surface area contributed by atoms with Crippen molar-refractivity contribution in [2.24, 2.45) is 0 Å². The average molecular weight is 258 g/mol. The van der Waals surface area contributed by atoms with Gasteiger partial charge < -0.3 is 9.53 Å². The fourth-order valence-electron chi connectivity index (χ4n) is 1.31. The molecule has 1 N–H and O–H groups in total. The van der Waals surface area contributed by atoms with Gasteiger partial charge in [0, 0.05) is 6.61 Å². The summed E-state index contributed by atoms with van der Waals surface area (Å²) in [5.74, 6) is 0.